The van der Waals surface area contributed by atoms with E-state index in [1.54, 1.807) is 10.9 Å². The molecular formula is C7H12ClN3. The number of halogens is 1. The quantitative estimate of drug-likeness (QED) is 0.724. The Balaban J connectivity index is 2.83. The number of hydrogen-bond acceptors (Lipinski definition) is 2. The highest BCUT2D eigenvalue weighted by Crippen LogP contribution is 2.14. The van der Waals surface area contributed by atoms with Crippen molar-refractivity contribution in [1.29, 1.82) is 0 Å². The molecule has 4 heteroatoms. The normalized spacial score (nSPS) is 13.5. The molecule has 1 atom stereocenters. The van der Waals surface area contributed by atoms with Crippen LogP contribution in [0.15, 0.2) is 6.20 Å². The predicted molar refractivity (Wildman–Crippen MR) is 45.6 cm³/mol. The van der Waals surface area contributed by atoms with E-state index in [1.165, 1.54) is 0 Å². The van der Waals surface area contributed by atoms with Crippen molar-refractivity contribution in [3.8, 4) is 0 Å². The highest BCUT2D eigenvalue weighted by molar-refractivity contribution is 6.31. The molecule has 0 radical (unpaired) electrons. The molecule has 0 aromatic carbocycles. The molecule has 0 fully saturated rings. The average Bonchev–Trinajstić information content (AvgIpc) is 2.18. The topological polar surface area (TPSA) is 43.8 Å². The minimum absolute atomic E-state index is 0.128. The molecule has 1 rings (SSSR count). The lowest BCUT2D eigenvalue weighted by Crippen LogP contribution is -2.19. The lowest BCUT2D eigenvalue weighted by atomic mass is 10.2. The fourth-order valence-electron chi connectivity index (χ4n) is 0.971. The van der Waals surface area contributed by atoms with E-state index in [1.807, 2.05) is 14.0 Å². The lowest BCUT2D eigenvalue weighted by Gasteiger charge is -2.05. The third kappa shape index (κ3) is 1.94. The largest absolute Gasteiger partial charge is 0.328 e. The first kappa shape index (κ1) is 8.56. The van der Waals surface area contributed by atoms with Crippen LogP contribution in [0.4, 0.5) is 0 Å². The van der Waals surface area contributed by atoms with E-state index in [2.05, 4.69) is 5.10 Å². The standard InChI is InChI=1S/C7H12ClN3/c1-5(9)3-7-6(8)4-10-11(7)2/h4-5H,3,9H2,1-2H3. The Morgan fingerprint density at radius 3 is 2.82 bits per heavy atom. The van der Waals surface area contributed by atoms with Crippen molar-refractivity contribution in [2.45, 2.75) is 19.4 Å². The molecule has 0 aliphatic rings. The van der Waals surface area contributed by atoms with Crippen LogP contribution in [-0.4, -0.2) is 15.8 Å². The van der Waals surface area contributed by atoms with Crippen molar-refractivity contribution in [2.24, 2.45) is 12.8 Å². The second kappa shape index (κ2) is 3.24. The van der Waals surface area contributed by atoms with Gasteiger partial charge >= 0.3 is 0 Å². The fourth-order valence-corrected chi connectivity index (χ4v) is 1.21. The molecule has 0 aliphatic carbocycles. The van der Waals surface area contributed by atoms with Crippen LogP contribution in [0.25, 0.3) is 0 Å². The summed E-state index contributed by atoms with van der Waals surface area (Å²) in [6, 6.07) is 0.128. The third-order valence-electron chi connectivity index (χ3n) is 1.53. The lowest BCUT2D eigenvalue weighted by molar-refractivity contribution is 0.651. The zero-order valence-corrected chi connectivity index (χ0v) is 7.47. The molecule has 0 saturated heterocycles. The van der Waals surface area contributed by atoms with Gasteiger partial charge in [0.1, 0.15) is 0 Å². The van der Waals surface area contributed by atoms with Crippen LogP contribution in [0.5, 0.6) is 0 Å². The Labute approximate surface area is 71.1 Å². The van der Waals surface area contributed by atoms with Gasteiger partial charge in [-0.1, -0.05) is 11.6 Å². The van der Waals surface area contributed by atoms with Crippen LogP contribution < -0.4 is 5.73 Å². The minimum atomic E-state index is 0.128. The molecule has 0 bridgehead atoms. The summed E-state index contributed by atoms with van der Waals surface area (Å²) >= 11 is 5.85. The highest BCUT2D eigenvalue weighted by Gasteiger charge is 2.07. The molecule has 3 nitrogen and oxygen atoms in total. The van der Waals surface area contributed by atoms with Crippen molar-refractivity contribution < 1.29 is 0 Å². The Bertz CT molecular complexity index is 222. The molecule has 2 N–H and O–H groups in total. The van der Waals surface area contributed by atoms with Gasteiger partial charge in [0.2, 0.25) is 0 Å². The molecule has 1 aromatic rings. The van der Waals surface area contributed by atoms with E-state index in [9.17, 15) is 0 Å². The molecule has 1 unspecified atom stereocenters. The van der Waals surface area contributed by atoms with Gasteiger partial charge in [0.25, 0.3) is 0 Å². The van der Waals surface area contributed by atoms with E-state index in [0.29, 0.717) is 5.02 Å². The van der Waals surface area contributed by atoms with Gasteiger partial charge in [0.05, 0.1) is 16.9 Å². The second-order valence-corrected chi connectivity index (χ2v) is 3.15. The molecule has 62 valence electrons. The van der Waals surface area contributed by atoms with Gasteiger partial charge in [-0.3, -0.25) is 4.68 Å². The third-order valence-corrected chi connectivity index (χ3v) is 1.84. The number of nitrogens with zero attached hydrogens (tertiary/aromatic N) is 2. The van der Waals surface area contributed by atoms with E-state index in [0.717, 1.165) is 12.1 Å². The maximum absolute atomic E-state index is 5.85. The fraction of sp³-hybridized carbons (Fsp3) is 0.571. The van der Waals surface area contributed by atoms with Crippen LogP contribution in [0, 0.1) is 0 Å². The summed E-state index contributed by atoms with van der Waals surface area (Å²) in [4.78, 5) is 0. The highest BCUT2D eigenvalue weighted by atomic mass is 35.5. The zero-order chi connectivity index (χ0) is 8.43. The van der Waals surface area contributed by atoms with Crippen molar-refractivity contribution in [3.63, 3.8) is 0 Å². The molecule has 0 amide bonds. The zero-order valence-electron chi connectivity index (χ0n) is 6.71. The van der Waals surface area contributed by atoms with Gasteiger partial charge < -0.3 is 5.73 Å². The summed E-state index contributed by atoms with van der Waals surface area (Å²) in [5.74, 6) is 0. The second-order valence-electron chi connectivity index (χ2n) is 2.74. The number of hydrogen-bond donors (Lipinski definition) is 1. The van der Waals surface area contributed by atoms with Crippen molar-refractivity contribution in [2.75, 3.05) is 0 Å². The Morgan fingerprint density at radius 1 is 1.82 bits per heavy atom. The number of aryl methyl sites for hydroxylation is 1. The monoisotopic (exact) mass is 173 g/mol. The molecule has 0 saturated carbocycles. The summed E-state index contributed by atoms with van der Waals surface area (Å²) in [5.41, 5.74) is 6.62. The predicted octanol–water partition coefficient (Wildman–Crippen LogP) is 0.963. The van der Waals surface area contributed by atoms with Gasteiger partial charge in [0, 0.05) is 19.5 Å². The first-order valence-electron chi connectivity index (χ1n) is 3.53. The summed E-state index contributed by atoms with van der Waals surface area (Å²) in [6.45, 7) is 1.95. The Kier molecular flexibility index (Phi) is 2.52. The molecular weight excluding hydrogens is 162 g/mol. The molecule has 1 heterocycles. The number of aromatic nitrogens is 2. The van der Waals surface area contributed by atoms with Crippen molar-refractivity contribution >= 4 is 11.6 Å². The summed E-state index contributed by atoms with van der Waals surface area (Å²) in [7, 11) is 1.86. The van der Waals surface area contributed by atoms with Crippen LogP contribution in [0.3, 0.4) is 0 Å². The van der Waals surface area contributed by atoms with E-state index >= 15 is 0 Å². The van der Waals surface area contributed by atoms with Crippen molar-refractivity contribution in [1.82, 2.24) is 9.78 Å². The average molecular weight is 174 g/mol. The van der Waals surface area contributed by atoms with E-state index in [-0.39, 0.29) is 6.04 Å². The van der Waals surface area contributed by atoms with Gasteiger partial charge in [-0.15, -0.1) is 0 Å². The van der Waals surface area contributed by atoms with E-state index < -0.39 is 0 Å². The maximum Gasteiger partial charge on any atom is 0.0818 e. The Morgan fingerprint density at radius 2 is 2.45 bits per heavy atom. The van der Waals surface area contributed by atoms with Gasteiger partial charge in [-0.25, -0.2) is 0 Å². The molecule has 11 heavy (non-hydrogen) atoms. The smallest absolute Gasteiger partial charge is 0.0818 e. The first-order valence-corrected chi connectivity index (χ1v) is 3.91. The Hall–Kier alpha value is -0.540. The maximum atomic E-state index is 5.85. The summed E-state index contributed by atoms with van der Waals surface area (Å²) in [6.07, 6.45) is 2.41. The SMILES string of the molecule is CC(N)Cc1c(Cl)cnn1C. The van der Waals surface area contributed by atoms with Crippen LogP contribution in [0.2, 0.25) is 5.02 Å². The van der Waals surface area contributed by atoms with Crippen LogP contribution >= 0.6 is 11.6 Å². The molecule has 1 aromatic heterocycles. The summed E-state index contributed by atoms with van der Waals surface area (Å²) < 4.78 is 1.76. The van der Waals surface area contributed by atoms with Crippen LogP contribution in [0.1, 0.15) is 12.6 Å². The summed E-state index contributed by atoms with van der Waals surface area (Å²) in [5, 5.41) is 4.70. The van der Waals surface area contributed by atoms with Crippen LogP contribution in [-0.2, 0) is 13.5 Å². The number of nitrogens with two attached hydrogens (primary N) is 1. The minimum Gasteiger partial charge on any atom is -0.328 e. The molecule has 0 spiro atoms. The van der Waals surface area contributed by atoms with Gasteiger partial charge in [-0.2, -0.15) is 5.10 Å². The van der Waals surface area contributed by atoms with E-state index in [4.69, 9.17) is 17.3 Å². The van der Waals surface area contributed by atoms with Gasteiger partial charge in [0.15, 0.2) is 0 Å². The molecule has 0 aliphatic heterocycles. The van der Waals surface area contributed by atoms with Crippen molar-refractivity contribution in [3.05, 3.63) is 16.9 Å². The first-order chi connectivity index (χ1) is 5.11. The van der Waals surface area contributed by atoms with Gasteiger partial charge in [-0.05, 0) is 6.92 Å². The number of rotatable bonds is 2.